The minimum absolute atomic E-state index is 0.00242. The van der Waals surface area contributed by atoms with E-state index in [2.05, 4.69) is 4.72 Å². The van der Waals surface area contributed by atoms with Crippen LogP contribution < -0.4 is 10.5 Å². The topological polar surface area (TPSA) is 72.2 Å². The van der Waals surface area contributed by atoms with Crippen molar-refractivity contribution in [3.8, 4) is 0 Å². The van der Waals surface area contributed by atoms with E-state index < -0.39 is 10.0 Å². The first-order valence-corrected chi connectivity index (χ1v) is 6.67. The lowest BCUT2D eigenvalue weighted by atomic mass is 10.7. The molecule has 0 amide bonds. The minimum Gasteiger partial charge on any atom is -0.329 e. The highest BCUT2D eigenvalue weighted by molar-refractivity contribution is 7.89. The van der Waals surface area contributed by atoms with Gasteiger partial charge in [0.1, 0.15) is 9.23 Å². The number of nitrogens with one attached hydrogen (secondary N) is 1. The molecule has 0 aliphatic rings. The Morgan fingerprint density at radius 3 is 2.57 bits per heavy atom. The zero-order valence-corrected chi connectivity index (χ0v) is 10.1. The first-order valence-electron chi connectivity index (χ1n) is 3.62. The zero-order chi connectivity index (χ0) is 10.8. The van der Waals surface area contributed by atoms with Crippen LogP contribution in [0.3, 0.4) is 0 Å². The van der Waals surface area contributed by atoms with E-state index in [0.717, 1.165) is 11.3 Å². The summed E-state index contributed by atoms with van der Waals surface area (Å²) in [6, 6.07) is 1.31. The molecule has 0 unspecified atom stereocenters. The van der Waals surface area contributed by atoms with E-state index in [1.165, 1.54) is 6.07 Å². The molecule has 3 N–H and O–H groups in total. The highest BCUT2D eigenvalue weighted by Crippen LogP contribution is 2.33. The largest absolute Gasteiger partial charge is 0.329 e. The Kier molecular flexibility index (Phi) is 4.17. The van der Waals surface area contributed by atoms with Crippen molar-refractivity contribution in [1.29, 1.82) is 0 Å². The number of nitrogens with two attached hydrogens (primary N) is 1. The van der Waals surface area contributed by atoms with Crippen LogP contribution in [0.15, 0.2) is 11.0 Å². The predicted octanol–water partition coefficient (Wildman–Crippen LogP) is 1.29. The molecule has 1 aromatic rings. The van der Waals surface area contributed by atoms with E-state index in [-0.39, 0.29) is 22.3 Å². The van der Waals surface area contributed by atoms with Gasteiger partial charge in [-0.3, -0.25) is 0 Å². The van der Waals surface area contributed by atoms with Crippen LogP contribution >= 0.6 is 34.5 Å². The lowest BCUT2D eigenvalue weighted by molar-refractivity contribution is 0.582. The van der Waals surface area contributed by atoms with Crippen molar-refractivity contribution in [3.05, 3.63) is 14.7 Å². The number of halogens is 2. The van der Waals surface area contributed by atoms with E-state index in [0.29, 0.717) is 4.34 Å². The Morgan fingerprint density at radius 2 is 2.14 bits per heavy atom. The molecule has 0 aromatic carbocycles. The van der Waals surface area contributed by atoms with E-state index in [9.17, 15) is 8.42 Å². The van der Waals surface area contributed by atoms with Crippen molar-refractivity contribution in [2.45, 2.75) is 4.90 Å². The molecule has 0 spiro atoms. The second-order valence-corrected chi connectivity index (χ2v) is 6.40. The molecule has 1 heterocycles. The summed E-state index contributed by atoms with van der Waals surface area (Å²) in [4.78, 5) is 0.00242. The van der Waals surface area contributed by atoms with Gasteiger partial charge in [0.05, 0.1) is 4.34 Å². The maximum absolute atomic E-state index is 11.5. The van der Waals surface area contributed by atoms with Crippen molar-refractivity contribution >= 4 is 44.6 Å². The SMILES string of the molecule is NCCNS(=O)(=O)c1cc(Cl)sc1Cl. The summed E-state index contributed by atoms with van der Waals surface area (Å²) in [6.07, 6.45) is 0. The zero-order valence-electron chi connectivity index (χ0n) is 6.96. The summed E-state index contributed by atoms with van der Waals surface area (Å²) in [7, 11) is -3.57. The van der Waals surface area contributed by atoms with Gasteiger partial charge in [0.15, 0.2) is 0 Å². The molecule has 0 saturated carbocycles. The van der Waals surface area contributed by atoms with E-state index in [1.807, 2.05) is 0 Å². The molecule has 0 aliphatic heterocycles. The molecule has 0 saturated heterocycles. The Labute approximate surface area is 96.1 Å². The number of thiophene rings is 1. The van der Waals surface area contributed by atoms with Crippen molar-refractivity contribution in [2.24, 2.45) is 5.73 Å². The molecule has 80 valence electrons. The Balaban J connectivity index is 2.98. The van der Waals surface area contributed by atoms with Gasteiger partial charge in [0.25, 0.3) is 0 Å². The smallest absolute Gasteiger partial charge is 0.243 e. The summed E-state index contributed by atoms with van der Waals surface area (Å²) < 4.78 is 25.8. The van der Waals surface area contributed by atoms with Crippen molar-refractivity contribution < 1.29 is 8.42 Å². The first-order chi connectivity index (χ1) is 6.47. The van der Waals surface area contributed by atoms with Crippen LogP contribution in [-0.2, 0) is 10.0 Å². The van der Waals surface area contributed by atoms with Gasteiger partial charge >= 0.3 is 0 Å². The van der Waals surface area contributed by atoms with Gasteiger partial charge in [0, 0.05) is 13.1 Å². The fourth-order valence-corrected chi connectivity index (χ4v) is 3.97. The van der Waals surface area contributed by atoms with E-state index in [4.69, 9.17) is 28.9 Å². The van der Waals surface area contributed by atoms with Crippen molar-refractivity contribution in [1.82, 2.24) is 4.72 Å². The van der Waals surface area contributed by atoms with Gasteiger partial charge in [-0.25, -0.2) is 13.1 Å². The molecule has 0 bridgehead atoms. The highest BCUT2D eigenvalue weighted by atomic mass is 35.5. The molecule has 0 atom stereocenters. The lowest BCUT2D eigenvalue weighted by Gasteiger charge is -2.02. The predicted molar refractivity (Wildman–Crippen MR) is 58.6 cm³/mol. The van der Waals surface area contributed by atoms with Crippen LogP contribution in [0.1, 0.15) is 0 Å². The normalized spacial score (nSPS) is 11.9. The van der Waals surface area contributed by atoms with Gasteiger partial charge in [-0.2, -0.15) is 0 Å². The van der Waals surface area contributed by atoms with Gasteiger partial charge in [-0.05, 0) is 6.07 Å². The summed E-state index contributed by atoms with van der Waals surface area (Å²) in [5.41, 5.74) is 5.17. The van der Waals surface area contributed by atoms with Crippen LogP contribution in [0.5, 0.6) is 0 Å². The minimum atomic E-state index is -3.57. The molecule has 4 nitrogen and oxygen atoms in total. The molecule has 1 rings (SSSR count). The molecular weight excluding hydrogens is 267 g/mol. The average Bonchev–Trinajstić information content (AvgIpc) is 2.42. The summed E-state index contributed by atoms with van der Waals surface area (Å²) in [6.45, 7) is 0.404. The highest BCUT2D eigenvalue weighted by Gasteiger charge is 2.19. The summed E-state index contributed by atoms with van der Waals surface area (Å²) in [5, 5.41) is 0. The van der Waals surface area contributed by atoms with Crippen LogP contribution in [0, 0.1) is 0 Å². The monoisotopic (exact) mass is 274 g/mol. The fourth-order valence-electron chi connectivity index (χ4n) is 0.779. The van der Waals surface area contributed by atoms with Crippen LogP contribution in [-0.4, -0.2) is 21.5 Å². The number of sulfonamides is 1. The Morgan fingerprint density at radius 1 is 1.50 bits per heavy atom. The second-order valence-electron chi connectivity index (χ2n) is 2.37. The van der Waals surface area contributed by atoms with Crippen LogP contribution in [0.4, 0.5) is 0 Å². The quantitative estimate of drug-likeness (QED) is 0.869. The first kappa shape index (κ1) is 12.2. The number of rotatable bonds is 4. The van der Waals surface area contributed by atoms with Crippen molar-refractivity contribution in [3.63, 3.8) is 0 Å². The third-order valence-electron chi connectivity index (χ3n) is 1.35. The maximum atomic E-state index is 11.5. The molecule has 0 fully saturated rings. The molecule has 8 heteroatoms. The average molecular weight is 275 g/mol. The third kappa shape index (κ3) is 2.82. The van der Waals surface area contributed by atoms with Crippen LogP contribution in [0.25, 0.3) is 0 Å². The Bertz CT molecular complexity index is 415. The number of hydrogen-bond donors (Lipinski definition) is 2. The number of hydrogen-bond acceptors (Lipinski definition) is 4. The van der Waals surface area contributed by atoms with Gasteiger partial charge in [-0.15, -0.1) is 11.3 Å². The second kappa shape index (κ2) is 4.78. The lowest BCUT2D eigenvalue weighted by Crippen LogP contribution is -2.29. The van der Waals surface area contributed by atoms with Gasteiger partial charge in [-0.1, -0.05) is 23.2 Å². The van der Waals surface area contributed by atoms with Crippen molar-refractivity contribution in [2.75, 3.05) is 13.1 Å². The van der Waals surface area contributed by atoms with Gasteiger partial charge in [0.2, 0.25) is 10.0 Å². The third-order valence-corrected chi connectivity index (χ3v) is 4.57. The molecule has 14 heavy (non-hydrogen) atoms. The molecular formula is C6H8Cl2N2O2S2. The fraction of sp³-hybridized carbons (Fsp3) is 0.333. The van der Waals surface area contributed by atoms with Gasteiger partial charge < -0.3 is 5.73 Å². The molecule has 0 radical (unpaired) electrons. The summed E-state index contributed by atoms with van der Waals surface area (Å²) in [5.74, 6) is 0. The van der Waals surface area contributed by atoms with Crippen LogP contribution in [0.2, 0.25) is 8.67 Å². The molecule has 1 aromatic heterocycles. The molecule has 0 aliphatic carbocycles. The summed E-state index contributed by atoms with van der Waals surface area (Å²) >= 11 is 12.3. The standard InChI is InChI=1S/C6H8Cl2N2O2S2/c7-5-3-4(6(8)13-5)14(11,12)10-2-1-9/h3,10H,1-2,9H2. The van der Waals surface area contributed by atoms with E-state index in [1.54, 1.807) is 0 Å². The van der Waals surface area contributed by atoms with E-state index >= 15 is 0 Å². The maximum Gasteiger partial charge on any atom is 0.243 e. The Hall–Kier alpha value is 0.150.